The van der Waals surface area contributed by atoms with Crippen LogP contribution in [0.2, 0.25) is 0 Å². The molecular formula is C19H22N4O3. The van der Waals surface area contributed by atoms with E-state index in [0.29, 0.717) is 18.5 Å². The molecule has 1 saturated heterocycles. The zero-order chi connectivity index (χ0) is 18.7. The number of anilines is 1. The molecule has 1 aromatic rings. The molecule has 7 nitrogen and oxygen atoms in total. The molecule has 0 aromatic heterocycles. The number of amides is 4. The second-order valence-corrected chi connectivity index (χ2v) is 6.84. The number of rotatable bonds is 4. The van der Waals surface area contributed by atoms with E-state index in [2.05, 4.69) is 6.07 Å². The Morgan fingerprint density at radius 3 is 2.46 bits per heavy atom. The van der Waals surface area contributed by atoms with Crippen molar-refractivity contribution >= 4 is 23.5 Å². The molecule has 0 unspecified atom stereocenters. The van der Waals surface area contributed by atoms with Gasteiger partial charge in [-0.05, 0) is 25.0 Å². The number of nitriles is 1. The van der Waals surface area contributed by atoms with Crippen molar-refractivity contribution in [2.75, 3.05) is 25.0 Å². The molecular weight excluding hydrogens is 332 g/mol. The number of imide groups is 1. The van der Waals surface area contributed by atoms with Gasteiger partial charge >= 0.3 is 6.03 Å². The van der Waals surface area contributed by atoms with E-state index in [1.54, 1.807) is 31.3 Å². The van der Waals surface area contributed by atoms with Crippen LogP contribution in [0.1, 0.15) is 32.1 Å². The van der Waals surface area contributed by atoms with Crippen molar-refractivity contribution in [3.8, 4) is 6.07 Å². The lowest BCUT2D eigenvalue weighted by Gasteiger charge is -2.39. The molecule has 1 saturated carbocycles. The van der Waals surface area contributed by atoms with E-state index in [4.69, 9.17) is 0 Å². The highest BCUT2D eigenvalue weighted by molar-refractivity contribution is 6.13. The van der Waals surface area contributed by atoms with Crippen LogP contribution >= 0.6 is 0 Å². The van der Waals surface area contributed by atoms with Gasteiger partial charge in [-0.3, -0.25) is 19.4 Å². The maximum absolute atomic E-state index is 12.7. The summed E-state index contributed by atoms with van der Waals surface area (Å²) < 4.78 is 0. The average Bonchev–Trinajstić information content (AvgIpc) is 2.96. The van der Waals surface area contributed by atoms with E-state index >= 15 is 0 Å². The summed E-state index contributed by atoms with van der Waals surface area (Å²) in [6, 6.07) is 10.7. The molecule has 0 atom stereocenters. The van der Waals surface area contributed by atoms with Crippen LogP contribution in [-0.4, -0.2) is 53.3 Å². The number of benzene rings is 1. The molecule has 0 bridgehead atoms. The van der Waals surface area contributed by atoms with Crippen LogP contribution in [0.25, 0.3) is 0 Å². The maximum atomic E-state index is 12.7. The largest absolute Gasteiger partial charge is 0.332 e. The first kappa shape index (κ1) is 17.9. The molecule has 4 amide bonds. The molecule has 2 fully saturated rings. The summed E-state index contributed by atoms with van der Waals surface area (Å²) in [6.07, 6.45) is 4.11. The van der Waals surface area contributed by atoms with Crippen LogP contribution in [0.15, 0.2) is 30.3 Å². The van der Waals surface area contributed by atoms with Crippen molar-refractivity contribution < 1.29 is 14.4 Å². The Kier molecular flexibility index (Phi) is 4.94. The summed E-state index contributed by atoms with van der Waals surface area (Å²) in [4.78, 5) is 41.3. The third-order valence-corrected chi connectivity index (χ3v) is 5.32. The highest BCUT2D eigenvalue weighted by Gasteiger charge is 2.42. The lowest BCUT2D eigenvalue weighted by molar-refractivity contribution is -0.139. The highest BCUT2D eigenvalue weighted by Crippen LogP contribution is 2.32. The van der Waals surface area contributed by atoms with Crippen LogP contribution in [0, 0.1) is 11.3 Å². The third-order valence-electron chi connectivity index (χ3n) is 5.32. The van der Waals surface area contributed by atoms with E-state index in [1.807, 2.05) is 6.07 Å². The number of hydrogen-bond donors (Lipinski definition) is 0. The molecule has 1 aliphatic heterocycles. The predicted octanol–water partition coefficient (Wildman–Crippen LogP) is 2.14. The van der Waals surface area contributed by atoms with Crippen molar-refractivity contribution in [3.05, 3.63) is 30.3 Å². The molecule has 3 rings (SSSR count). The SMILES string of the molecule is CN(C(=O)CN1C(=O)CN(c2ccccc2)C1=O)C1(C#N)CCCCC1. The van der Waals surface area contributed by atoms with Gasteiger partial charge in [-0.2, -0.15) is 5.26 Å². The molecule has 0 radical (unpaired) electrons. The Balaban J connectivity index is 1.72. The predicted molar refractivity (Wildman–Crippen MR) is 95.1 cm³/mol. The van der Waals surface area contributed by atoms with Gasteiger partial charge in [0.2, 0.25) is 5.91 Å². The van der Waals surface area contributed by atoms with Gasteiger partial charge in [0.1, 0.15) is 18.6 Å². The standard InChI is InChI=1S/C19H22N4O3/c1-21(19(14-20)10-6-3-7-11-19)16(24)12-23-17(25)13-22(18(23)26)15-8-4-2-5-9-15/h2,4-5,8-9H,3,6-7,10-13H2,1H3. The van der Waals surface area contributed by atoms with Crippen molar-refractivity contribution in [1.29, 1.82) is 5.26 Å². The Labute approximate surface area is 152 Å². The van der Waals surface area contributed by atoms with Gasteiger partial charge in [0.05, 0.1) is 6.07 Å². The lowest BCUT2D eigenvalue weighted by atomic mass is 9.81. The second kappa shape index (κ2) is 7.16. The minimum atomic E-state index is -0.833. The average molecular weight is 354 g/mol. The molecule has 1 heterocycles. The summed E-state index contributed by atoms with van der Waals surface area (Å²) in [5.41, 5.74) is -0.213. The topological polar surface area (TPSA) is 84.7 Å². The van der Waals surface area contributed by atoms with E-state index in [1.165, 1.54) is 9.80 Å². The number of carbonyl (C=O) groups is 3. The first-order valence-electron chi connectivity index (χ1n) is 8.83. The van der Waals surface area contributed by atoms with Gasteiger partial charge in [-0.15, -0.1) is 0 Å². The van der Waals surface area contributed by atoms with Crippen LogP contribution in [-0.2, 0) is 9.59 Å². The van der Waals surface area contributed by atoms with Gasteiger partial charge in [0.25, 0.3) is 5.91 Å². The van der Waals surface area contributed by atoms with Crippen molar-refractivity contribution in [3.63, 3.8) is 0 Å². The first-order chi connectivity index (χ1) is 12.5. The van der Waals surface area contributed by atoms with Crippen LogP contribution < -0.4 is 4.90 Å². The summed E-state index contributed by atoms with van der Waals surface area (Å²) >= 11 is 0. The maximum Gasteiger partial charge on any atom is 0.332 e. The Morgan fingerprint density at radius 2 is 1.85 bits per heavy atom. The summed E-state index contributed by atoms with van der Waals surface area (Å²) in [5, 5.41) is 9.62. The van der Waals surface area contributed by atoms with Crippen molar-refractivity contribution in [1.82, 2.24) is 9.80 Å². The number of carbonyl (C=O) groups excluding carboxylic acids is 3. The van der Waals surface area contributed by atoms with Crippen LogP contribution in [0.3, 0.4) is 0 Å². The monoisotopic (exact) mass is 354 g/mol. The Morgan fingerprint density at radius 1 is 1.19 bits per heavy atom. The summed E-state index contributed by atoms with van der Waals surface area (Å²) in [7, 11) is 1.59. The minimum absolute atomic E-state index is 0.0801. The highest BCUT2D eigenvalue weighted by atomic mass is 16.2. The molecule has 7 heteroatoms. The zero-order valence-corrected chi connectivity index (χ0v) is 14.9. The molecule has 26 heavy (non-hydrogen) atoms. The normalized spacial score (nSPS) is 19.4. The first-order valence-corrected chi connectivity index (χ1v) is 8.83. The summed E-state index contributed by atoms with van der Waals surface area (Å²) in [6.45, 7) is -0.413. The van der Waals surface area contributed by atoms with E-state index in [-0.39, 0.29) is 19.0 Å². The number of para-hydroxylation sites is 1. The third kappa shape index (κ3) is 3.15. The van der Waals surface area contributed by atoms with Crippen molar-refractivity contribution in [2.45, 2.75) is 37.6 Å². The molecule has 1 aliphatic carbocycles. The van der Waals surface area contributed by atoms with Crippen molar-refractivity contribution in [2.24, 2.45) is 0 Å². The Bertz CT molecular complexity index is 750. The fraction of sp³-hybridized carbons (Fsp3) is 0.474. The molecule has 0 N–H and O–H groups in total. The number of nitrogens with zero attached hydrogens (tertiary/aromatic N) is 4. The second-order valence-electron chi connectivity index (χ2n) is 6.84. The van der Waals surface area contributed by atoms with Gasteiger partial charge in [0.15, 0.2) is 0 Å². The van der Waals surface area contributed by atoms with E-state index in [9.17, 15) is 19.6 Å². The van der Waals surface area contributed by atoms with Crippen LogP contribution in [0.5, 0.6) is 0 Å². The minimum Gasteiger partial charge on any atom is -0.325 e. The number of urea groups is 1. The van der Waals surface area contributed by atoms with E-state index in [0.717, 1.165) is 24.2 Å². The Hall–Kier alpha value is -2.88. The van der Waals surface area contributed by atoms with Gasteiger partial charge < -0.3 is 4.90 Å². The zero-order valence-electron chi connectivity index (χ0n) is 14.9. The fourth-order valence-corrected chi connectivity index (χ4v) is 3.65. The lowest BCUT2D eigenvalue weighted by Crippen LogP contribution is -2.53. The van der Waals surface area contributed by atoms with Gasteiger partial charge in [-0.25, -0.2) is 4.79 Å². The molecule has 1 aromatic carbocycles. The molecule has 136 valence electrons. The number of hydrogen-bond acceptors (Lipinski definition) is 4. The molecule has 2 aliphatic rings. The number of likely N-dealkylation sites (N-methyl/N-ethyl adjacent to an activating group) is 1. The smallest absolute Gasteiger partial charge is 0.325 e. The summed E-state index contributed by atoms with van der Waals surface area (Å²) in [5.74, 6) is -0.791. The van der Waals surface area contributed by atoms with Gasteiger partial charge in [-0.1, -0.05) is 37.5 Å². The fourth-order valence-electron chi connectivity index (χ4n) is 3.65. The quantitative estimate of drug-likeness (QED) is 0.776. The van der Waals surface area contributed by atoms with E-state index < -0.39 is 17.5 Å². The van der Waals surface area contributed by atoms with Gasteiger partial charge in [0, 0.05) is 12.7 Å². The van der Waals surface area contributed by atoms with Crippen LogP contribution in [0.4, 0.5) is 10.5 Å². The molecule has 0 spiro atoms.